The largest absolute Gasteiger partial charge is 0.377 e. The Bertz CT molecular complexity index is 208. The highest BCUT2D eigenvalue weighted by molar-refractivity contribution is 4.85. The van der Waals surface area contributed by atoms with E-state index in [1.807, 2.05) is 0 Å². The minimum Gasteiger partial charge on any atom is -0.377 e. The highest BCUT2D eigenvalue weighted by Crippen LogP contribution is 2.20. The van der Waals surface area contributed by atoms with Crippen LogP contribution in [-0.2, 0) is 4.74 Å². The van der Waals surface area contributed by atoms with Crippen molar-refractivity contribution in [2.45, 2.75) is 58.7 Å². The van der Waals surface area contributed by atoms with Crippen molar-refractivity contribution in [1.82, 2.24) is 10.2 Å². The summed E-state index contributed by atoms with van der Waals surface area (Å²) < 4.78 is 5.66. The average Bonchev–Trinajstić information content (AvgIpc) is 2.69. The van der Waals surface area contributed by atoms with Crippen LogP contribution in [0, 0.1) is 5.92 Å². The summed E-state index contributed by atoms with van der Waals surface area (Å²) in [6.45, 7) is 12.1. The molecule has 0 aliphatic carbocycles. The van der Waals surface area contributed by atoms with Gasteiger partial charge >= 0.3 is 0 Å². The third kappa shape index (κ3) is 4.57. The smallest absolute Gasteiger partial charge is 0.0703 e. The summed E-state index contributed by atoms with van der Waals surface area (Å²) in [5.74, 6) is 0.728. The Morgan fingerprint density at radius 3 is 2.53 bits per heavy atom. The van der Waals surface area contributed by atoms with Gasteiger partial charge in [-0.3, -0.25) is 4.90 Å². The summed E-state index contributed by atoms with van der Waals surface area (Å²) in [7, 11) is 2.25. The predicted octanol–water partition coefficient (Wildman–Crippen LogP) is 2.12. The van der Waals surface area contributed by atoms with Gasteiger partial charge in [-0.05, 0) is 39.3 Å². The van der Waals surface area contributed by atoms with E-state index in [1.165, 1.54) is 12.8 Å². The summed E-state index contributed by atoms with van der Waals surface area (Å²) in [4.78, 5) is 2.52. The molecule has 1 aliphatic heterocycles. The van der Waals surface area contributed by atoms with Crippen molar-refractivity contribution in [1.29, 1.82) is 0 Å². The zero-order chi connectivity index (χ0) is 12.8. The third-order valence-electron chi connectivity index (χ3n) is 3.84. The summed E-state index contributed by atoms with van der Waals surface area (Å²) in [5.41, 5.74) is 0. The standard InChI is InChI=1S/C14H30N2O/c1-6-13(10-15-9-11(2)3)16(5)14-7-8-17-12(14)4/h11-15H,6-10H2,1-5H3. The van der Waals surface area contributed by atoms with E-state index in [2.05, 4.69) is 45.0 Å². The Labute approximate surface area is 107 Å². The maximum absolute atomic E-state index is 5.66. The van der Waals surface area contributed by atoms with Crippen LogP contribution < -0.4 is 5.32 Å². The normalized spacial score (nSPS) is 27.0. The van der Waals surface area contributed by atoms with E-state index < -0.39 is 0 Å². The Morgan fingerprint density at radius 1 is 1.35 bits per heavy atom. The molecule has 0 aromatic carbocycles. The topological polar surface area (TPSA) is 24.5 Å². The first-order chi connectivity index (χ1) is 8.06. The van der Waals surface area contributed by atoms with Crippen molar-refractivity contribution in [3.8, 4) is 0 Å². The molecule has 1 N–H and O–H groups in total. The molecule has 0 aromatic rings. The van der Waals surface area contributed by atoms with Crippen LogP contribution in [0.4, 0.5) is 0 Å². The molecule has 3 nitrogen and oxygen atoms in total. The number of hydrogen-bond donors (Lipinski definition) is 1. The van der Waals surface area contributed by atoms with Gasteiger partial charge in [-0.15, -0.1) is 0 Å². The number of hydrogen-bond acceptors (Lipinski definition) is 3. The van der Waals surface area contributed by atoms with Crippen molar-refractivity contribution < 1.29 is 4.74 Å². The average molecular weight is 242 g/mol. The second-order valence-corrected chi connectivity index (χ2v) is 5.71. The number of rotatable bonds is 7. The fraction of sp³-hybridized carbons (Fsp3) is 1.00. The van der Waals surface area contributed by atoms with E-state index in [4.69, 9.17) is 4.74 Å². The molecule has 1 aliphatic rings. The Balaban J connectivity index is 2.37. The molecule has 0 amide bonds. The Hall–Kier alpha value is -0.120. The van der Waals surface area contributed by atoms with E-state index in [0.29, 0.717) is 18.2 Å². The fourth-order valence-corrected chi connectivity index (χ4v) is 2.64. The molecule has 0 bridgehead atoms. The van der Waals surface area contributed by atoms with Crippen LogP contribution in [0.3, 0.4) is 0 Å². The van der Waals surface area contributed by atoms with Crippen LogP contribution >= 0.6 is 0 Å². The van der Waals surface area contributed by atoms with Gasteiger partial charge in [-0.25, -0.2) is 0 Å². The second-order valence-electron chi connectivity index (χ2n) is 5.71. The van der Waals surface area contributed by atoms with Gasteiger partial charge in [0.2, 0.25) is 0 Å². The van der Waals surface area contributed by atoms with Gasteiger partial charge in [0.25, 0.3) is 0 Å². The minimum absolute atomic E-state index is 0.388. The second kappa shape index (κ2) is 7.34. The van der Waals surface area contributed by atoms with Gasteiger partial charge in [-0.1, -0.05) is 20.8 Å². The first kappa shape index (κ1) is 14.9. The molecule has 0 radical (unpaired) electrons. The van der Waals surface area contributed by atoms with Crippen molar-refractivity contribution in [2.24, 2.45) is 5.92 Å². The molecule has 3 unspecified atom stereocenters. The van der Waals surface area contributed by atoms with Gasteiger partial charge < -0.3 is 10.1 Å². The number of ether oxygens (including phenoxy) is 1. The fourth-order valence-electron chi connectivity index (χ4n) is 2.64. The monoisotopic (exact) mass is 242 g/mol. The van der Waals surface area contributed by atoms with E-state index in [0.717, 1.165) is 25.6 Å². The molecule has 3 heteroatoms. The zero-order valence-corrected chi connectivity index (χ0v) is 12.2. The van der Waals surface area contributed by atoms with Crippen molar-refractivity contribution in [3.63, 3.8) is 0 Å². The maximum atomic E-state index is 5.66. The quantitative estimate of drug-likeness (QED) is 0.740. The lowest BCUT2D eigenvalue weighted by Crippen LogP contribution is -2.48. The highest BCUT2D eigenvalue weighted by Gasteiger charge is 2.30. The van der Waals surface area contributed by atoms with Crippen LogP contribution in [0.25, 0.3) is 0 Å². The van der Waals surface area contributed by atoms with Gasteiger partial charge in [0, 0.05) is 25.2 Å². The lowest BCUT2D eigenvalue weighted by molar-refractivity contribution is 0.0661. The predicted molar refractivity (Wildman–Crippen MR) is 73.4 cm³/mol. The van der Waals surface area contributed by atoms with Gasteiger partial charge in [0.05, 0.1) is 6.10 Å². The van der Waals surface area contributed by atoms with E-state index in [-0.39, 0.29) is 0 Å². The first-order valence-electron chi connectivity index (χ1n) is 7.10. The van der Waals surface area contributed by atoms with Crippen LogP contribution in [0.2, 0.25) is 0 Å². The number of nitrogens with zero attached hydrogens (tertiary/aromatic N) is 1. The molecule has 1 fully saturated rings. The first-order valence-corrected chi connectivity index (χ1v) is 7.10. The van der Waals surface area contributed by atoms with Gasteiger partial charge in [0.15, 0.2) is 0 Å². The molecule has 1 heterocycles. The van der Waals surface area contributed by atoms with E-state index in [9.17, 15) is 0 Å². The molecule has 0 saturated carbocycles. The van der Waals surface area contributed by atoms with Crippen molar-refractivity contribution in [3.05, 3.63) is 0 Å². The van der Waals surface area contributed by atoms with Gasteiger partial charge in [-0.2, -0.15) is 0 Å². The zero-order valence-electron chi connectivity index (χ0n) is 12.2. The summed E-state index contributed by atoms with van der Waals surface area (Å²) in [5, 5.41) is 3.57. The molecule has 3 atom stereocenters. The minimum atomic E-state index is 0.388. The lowest BCUT2D eigenvalue weighted by Gasteiger charge is -2.34. The lowest BCUT2D eigenvalue weighted by atomic mass is 10.1. The summed E-state index contributed by atoms with van der Waals surface area (Å²) >= 11 is 0. The van der Waals surface area contributed by atoms with Crippen molar-refractivity contribution >= 4 is 0 Å². The SMILES string of the molecule is CCC(CNCC(C)C)N(C)C1CCOC1C. The number of nitrogens with one attached hydrogen (secondary N) is 1. The summed E-state index contributed by atoms with van der Waals surface area (Å²) in [6.07, 6.45) is 2.77. The van der Waals surface area contributed by atoms with Crippen LogP contribution in [0.15, 0.2) is 0 Å². The van der Waals surface area contributed by atoms with E-state index >= 15 is 0 Å². The Morgan fingerprint density at radius 2 is 2.06 bits per heavy atom. The summed E-state index contributed by atoms with van der Waals surface area (Å²) in [6, 6.07) is 1.23. The molecule has 1 saturated heterocycles. The highest BCUT2D eigenvalue weighted by atomic mass is 16.5. The molecule has 102 valence electrons. The van der Waals surface area contributed by atoms with Crippen LogP contribution in [0.1, 0.15) is 40.5 Å². The van der Waals surface area contributed by atoms with Gasteiger partial charge in [0.1, 0.15) is 0 Å². The van der Waals surface area contributed by atoms with Crippen LogP contribution in [-0.4, -0.2) is 49.8 Å². The third-order valence-corrected chi connectivity index (χ3v) is 3.84. The van der Waals surface area contributed by atoms with Crippen LogP contribution in [0.5, 0.6) is 0 Å². The number of likely N-dealkylation sites (N-methyl/N-ethyl adjacent to an activating group) is 1. The molecule has 0 aromatic heterocycles. The molecule has 1 rings (SSSR count). The molecular formula is C14H30N2O. The molecular weight excluding hydrogens is 212 g/mol. The molecule has 0 spiro atoms. The maximum Gasteiger partial charge on any atom is 0.0703 e. The van der Waals surface area contributed by atoms with E-state index in [1.54, 1.807) is 0 Å². The van der Waals surface area contributed by atoms with Crippen molar-refractivity contribution in [2.75, 3.05) is 26.7 Å². The molecule has 17 heavy (non-hydrogen) atoms. The Kier molecular flexibility index (Phi) is 6.45.